The van der Waals surface area contributed by atoms with E-state index >= 15 is 0 Å². The number of carbonyl (C=O) groups excluding carboxylic acids is 1. The fraction of sp³-hybridized carbons (Fsp3) is 0.231. The number of halogens is 1. The number of aromatic nitrogens is 2. The summed E-state index contributed by atoms with van der Waals surface area (Å²) in [5.74, 6) is 1.76. The molecule has 0 saturated carbocycles. The molecule has 1 saturated heterocycles. The number of methoxy groups -OCH3 is 2. The highest BCUT2D eigenvalue weighted by molar-refractivity contribution is 5.98. The molecule has 1 atom stereocenters. The summed E-state index contributed by atoms with van der Waals surface area (Å²) in [6.07, 6.45) is 0.340. The number of ether oxygens (including phenoxy) is 2. The van der Waals surface area contributed by atoms with Crippen LogP contribution in [0.4, 0.5) is 10.1 Å². The number of fused-ring (bicyclic) bond motifs is 1. The van der Waals surface area contributed by atoms with E-state index in [0.29, 0.717) is 36.7 Å². The van der Waals surface area contributed by atoms with Crippen LogP contribution in [0.1, 0.15) is 23.7 Å². The number of hydrogen-bond donors (Lipinski definition) is 0. The van der Waals surface area contributed by atoms with E-state index in [1.807, 2.05) is 36.4 Å². The van der Waals surface area contributed by atoms with Gasteiger partial charge in [-0.25, -0.2) is 9.37 Å². The zero-order valence-corrected chi connectivity index (χ0v) is 18.5. The number of carbonyl (C=O) groups is 1. The van der Waals surface area contributed by atoms with E-state index in [1.165, 1.54) is 12.1 Å². The predicted molar refractivity (Wildman–Crippen MR) is 124 cm³/mol. The van der Waals surface area contributed by atoms with Crippen molar-refractivity contribution in [3.63, 3.8) is 0 Å². The molecule has 1 fully saturated rings. The van der Waals surface area contributed by atoms with Gasteiger partial charge in [0.05, 0.1) is 30.9 Å². The summed E-state index contributed by atoms with van der Waals surface area (Å²) in [6, 6.07) is 19.8. The van der Waals surface area contributed by atoms with E-state index in [-0.39, 0.29) is 17.6 Å². The first-order valence-corrected chi connectivity index (χ1v) is 10.8. The number of imidazole rings is 1. The van der Waals surface area contributed by atoms with Crippen molar-refractivity contribution in [1.82, 2.24) is 9.55 Å². The Bertz CT molecular complexity index is 1320. The molecule has 0 radical (unpaired) electrons. The van der Waals surface area contributed by atoms with Gasteiger partial charge in [-0.05, 0) is 42.0 Å². The Kier molecular flexibility index (Phi) is 5.46. The Labute approximate surface area is 191 Å². The molecule has 1 amide bonds. The molecule has 5 rings (SSSR count). The number of hydrogen-bond acceptors (Lipinski definition) is 4. The third kappa shape index (κ3) is 3.91. The SMILES string of the molecule is COc1ccc(OC)c(N2C[C@H](c3nc4ccccc4n3Cc3ccc(F)cc3)CC2=O)c1. The van der Waals surface area contributed by atoms with Crippen LogP contribution in [0.2, 0.25) is 0 Å². The van der Waals surface area contributed by atoms with E-state index < -0.39 is 0 Å². The first-order chi connectivity index (χ1) is 16.1. The maximum absolute atomic E-state index is 13.4. The zero-order chi connectivity index (χ0) is 22.9. The second kappa shape index (κ2) is 8.58. The maximum Gasteiger partial charge on any atom is 0.227 e. The number of amides is 1. The molecule has 0 N–H and O–H groups in total. The van der Waals surface area contributed by atoms with Gasteiger partial charge in [0, 0.05) is 31.5 Å². The minimum Gasteiger partial charge on any atom is -0.497 e. The average molecular weight is 445 g/mol. The molecule has 0 bridgehead atoms. The lowest BCUT2D eigenvalue weighted by Gasteiger charge is -2.20. The van der Waals surface area contributed by atoms with E-state index in [0.717, 1.165) is 22.4 Å². The van der Waals surface area contributed by atoms with Gasteiger partial charge in [0.2, 0.25) is 5.91 Å². The molecule has 6 nitrogen and oxygen atoms in total. The van der Waals surface area contributed by atoms with Crippen LogP contribution >= 0.6 is 0 Å². The fourth-order valence-electron chi connectivity index (χ4n) is 4.47. The molecule has 1 aliphatic heterocycles. The third-order valence-electron chi connectivity index (χ3n) is 6.11. The van der Waals surface area contributed by atoms with E-state index in [1.54, 1.807) is 37.3 Å². The molecule has 7 heteroatoms. The second-order valence-corrected chi connectivity index (χ2v) is 8.11. The number of para-hydroxylation sites is 2. The van der Waals surface area contributed by atoms with Gasteiger partial charge in [-0.1, -0.05) is 24.3 Å². The molecule has 4 aromatic rings. The number of nitrogens with zero attached hydrogens (tertiary/aromatic N) is 3. The Morgan fingerprint density at radius 3 is 2.58 bits per heavy atom. The summed E-state index contributed by atoms with van der Waals surface area (Å²) in [5.41, 5.74) is 3.52. The predicted octanol–water partition coefficient (Wildman–Crippen LogP) is 4.76. The minimum absolute atomic E-state index is 0.00643. The Morgan fingerprint density at radius 1 is 1.03 bits per heavy atom. The highest BCUT2D eigenvalue weighted by Crippen LogP contribution is 2.39. The van der Waals surface area contributed by atoms with Crippen molar-refractivity contribution in [1.29, 1.82) is 0 Å². The molecule has 1 aliphatic rings. The van der Waals surface area contributed by atoms with Crippen molar-refractivity contribution in [2.75, 3.05) is 25.7 Å². The van der Waals surface area contributed by atoms with Gasteiger partial charge in [-0.15, -0.1) is 0 Å². The van der Waals surface area contributed by atoms with Crippen molar-refractivity contribution in [2.45, 2.75) is 18.9 Å². The minimum atomic E-state index is -0.265. The van der Waals surface area contributed by atoms with Crippen LogP contribution in [0.3, 0.4) is 0 Å². The number of benzene rings is 3. The van der Waals surface area contributed by atoms with Crippen LogP contribution in [0.15, 0.2) is 66.7 Å². The van der Waals surface area contributed by atoms with E-state index in [2.05, 4.69) is 4.57 Å². The highest BCUT2D eigenvalue weighted by Gasteiger charge is 2.36. The molecule has 1 aromatic heterocycles. The van der Waals surface area contributed by atoms with Crippen molar-refractivity contribution in [3.05, 3.63) is 83.9 Å². The third-order valence-corrected chi connectivity index (χ3v) is 6.11. The van der Waals surface area contributed by atoms with Gasteiger partial charge in [0.15, 0.2) is 0 Å². The number of anilines is 1. The topological polar surface area (TPSA) is 56.6 Å². The highest BCUT2D eigenvalue weighted by atomic mass is 19.1. The zero-order valence-electron chi connectivity index (χ0n) is 18.5. The first-order valence-electron chi connectivity index (χ1n) is 10.8. The molecule has 3 aromatic carbocycles. The molecule has 2 heterocycles. The smallest absolute Gasteiger partial charge is 0.227 e. The summed E-state index contributed by atoms with van der Waals surface area (Å²) < 4.78 is 26.4. The lowest BCUT2D eigenvalue weighted by atomic mass is 10.1. The quantitative estimate of drug-likeness (QED) is 0.429. The Hall–Kier alpha value is -3.87. The van der Waals surface area contributed by atoms with Gasteiger partial charge < -0.3 is 18.9 Å². The van der Waals surface area contributed by atoms with Crippen LogP contribution in [0, 0.1) is 5.82 Å². The van der Waals surface area contributed by atoms with Gasteiger partial charge in [-0.3, -0.25) is 4.79 Å². The van der Waals surface area contributed by atoms with Gasteiger partial charge in [-0.2, -0.15) is 0 Å². The van der Waals surface area contributed by atoms with Crippen LogP contribution in [0.25, 0.3) is 11.0 Å². The summed E-state index contributed by atoms with van der Waals surface area (Å²) in [5, 5.41) is 0. The van der Waals surface area contributed by atoms with Gasteiger partial charge in [0.25, 0.3) is 0 Å². The second-order valence-electron chi connectivity index (χ2n) is 8.11. The van der Waals surface area contributed by atoms with Crippen molar-refractivity contribution >= 4 is 22.6 Å². The van der Waals surface area contributed by atoms with E-state index in [4.69, 9.17) is 14.5 Å². The molecule has 33 heavy (non-hydrogen) atoms. The molecule has 0 spiro atoms. The molecular formula is C26H24FN3O3. The van der Waals surface area contributed by atoms with Gasteiger partial charge >= 0.3 is 0 Å². The van der Waals surface area contributed by atoms with Crippen LogP contribution in [-0.4, -0.2) is 36.2 Å². The summed E-state index contributed by atoms with van der Waals surface area (Å²) in [7, 11) is 3.18. The molecule has 0 aliphatic carbocycles. The molecule has 168 valence electrons. The van der Waals surface area contributed by atoms with Crippen molar-refractivity contribution < 1.29 is 18.7 Å². The van der Waals surface area contributed by atoms with Crippen LogP contribution < -0.4 is 14.4 Å². The molecular weight excluding hydrogens is 421 g/mol. The number of rotatable bonds is 6. The first kappa shape index (κ1) is 21.0. The standard InChI is InChI=1S/C26H24FN3O3/c1-32-20-11-12-24(33-2)23(14-20)29-16-18(13-25(29)31)26-28-21-5-3-4-6-22(21)30(26)15-17-7-9-19(27)10-8-17/h3-12,14,18H,13,15-16H2,1-2H3/t18-/m1/s1. The largest absolute Gasteiger partial charge is 0.497 e. The van der Waals surface area contributed by atoms with E-state index in [9.17, 15) is 9.18 Å². The normalized spacial score (nSPS) is 15.9. The maximum atomic E-state index is 13.4. The fourth-order valence-corrected chi connectivity index (χ4v) is 4.47. The summed E-state index contributed by atoms with van der Waals surface area (Å²) >= 11 is 0. The van der Waals surface area contributed by atoms with Crippen molar-refractivity contribution in [2.24, 2.45) is 0 Å². The van der Waals surface area contributed by atoms with Gasteiger partial charge in [0.1, 0.15) is 23.1 Å². The Balaban J connectivity index is 1.52. The summed E-state index contributed by atoms with van der Waals surface area (Å²) in [4.78, 5) is 19.7. The van der Waals surface area contributed by atoms with Crippen LogP contribution in [0.5, 0.6) is 11.5 Å². The summed E-state index contributed by atoms with van der Waals surface area (Å²) in [6.45, 7) is 1.03. The monoisotopic (exact) mass is 445 g/mol. The Morgan fingerprint density at radius 2 is 1.82 bits per heavy atom. The average Bonchev–Trinajstić information content (AvgIpc) is 3.40. The lowest BCUT2D eigenvalue weighted by Crippen LogP contribution is -2.25. The molecule has 0 unspecified atom stereocenters. The van der Waals surface area contributed by atoms with Crippen LogP contribution in [-0.2, 0) is 11.3 Å². The lowest BCUT2D eigenvalue weighted by molar-refractivity contribution is -0.117. The van der Waals surface area contributed by atoms with Crippen molar-refractivity contribution in [3.8, 4) is 11.5 Å².